The van der Waals surface area contributed by atoms with Gasteiger partial charge < -0.3 is 15.5 Å². The van der Waals surface area contributed by atoms with E-state index in [4.69, 9.17) is 5.73 Å². The highest BCUT2D eigenvalue weighted by Crippen LogP contribution is 2.28. The van der Waals surface area contributed by atoms with Crippen LogP contribution in [0.2, 0.25) is 0 Å². The fraction of sp³-hybridized carbons (Fsp3) is 0.889. The molecule has 0 aromatic carbocycles. The number of nitrogens with two attached hydrogens (primary N) is 1. The predicted octanol–water partition coefficient (Wildman–Crippen LogP) is 1.75. The first kappa shape index (κ1) is 25.4. The Bertz CT molecular complexity index is 438. The van der Waals surface area contributed by atoms with Gasteiger partial charge in [0.15, 0.2) is 0 Å². The smallest absolute Gasteiger partial charge is 0.239 e. The second-order valence-electron chi connectivity index (χ2n) is 7.23. The molecule has 6 nitrogen and oxygen atoms in total. The summed E-state index contributed by atoms with van der Waals surface area (Å²) in [5, 5.41) is 0. The van der Waals surface area contributed by atoms with Crippen molar-refractivity contribution >= 4 is 36.6 Å². The highest BCUT2D eigenvalue weighted by atomic mass is 35.5. The van der Waals surface area contributed by atoms with E-state index in [1.807, 2.05) is 30.6 Å². The van der Waals surface area contributed by atoms with Gasteiger partial charge in [0, 0.05) is 45.8 Å². The normalized spacial score (nSPS) is 19.5. The number of amides is 2. The Labute approximate surface area is 170 Å². The summed E-state index contributed by atoms with van der Waals surface area (Å²) in [6, 6.07) is -0.0861. The fourth-order valence-electron chi connectivity index (χ4n) is 3.93. The first-order valence-corrected chi connectivity index (χ1v) is 9.51. The number of hydrogen-bond acceptors (Lipinski definition) is 4. The fourth-order valence-corrected chi connectivity index (χ4v) is 3.93. The van der Waals surface area contributed by atoms with E-state index in [2.05, 4.69) is 4.90 Å². The summed E-state index contributed by atoms with van der Waals surface area (Å²) >= 11 is 0. The van der Waals surface area contributed by atoms with Crippen molar-refractivity contribution in [3.8, 4) is 0 Å². The highest BCUT2D eigenvalue weighted by Gasteiger charge is 2.39. The predicted molar refractivity (Wildman–Crippen MR) is 110 cm³/mol. The van der Waals surface area contributed by atoms with Crippen molar-refractivity contribution in [3.05, 3.63) is 0 Å². The summed E-state index contributed by atoms with van der Waals surface area (Å²) in [6.45, 7) is 11.2. The Hall–Kier alpha value is -0.560. The molecule has 0 aromatic heterocycles. The molecule has 2 amide bonds. The molecule has 2 saturated heterocycles. The van der Waals surface area contributed by atoms with Gasteiger partial charge in [0.25, 0.3) is 0 Å². The molecule has 0 radical (unpaired) electrons. The quantitative estimate of drug-likeness (QED) is 0.723. The zero-order chi connectivity index (χ0) is 17.7. The molecular weight excluding hydrogens is 375 g/mol. The van der Waals surface area contributed by atoms with Gasteiger partial charge in [-0.3, -0.25) is 14.5 Å². The van der Waals surface area contributed by atoms with Gasteiger partial charge in [-0.15, -0.1) is 24.8 Å². The van der Waals surface area contributed by atoms with Crippen molar-refractivity contribution in [1.82, 2.24) is 14.7 Å². The summed E-state index contributed by atoms with van der Waals surface area (Å²) < 4.78 is 0. The number of carbonyl (C=O) groups is 2. The number of nitrogens with zero attached hydrogens (tertiary/aromatic N) is 3. The maximum atomic E-state index is 12.9. The van der Waals surface area contributed by atoms with E-state index in [9.17, 15) is 9.59 Å². The summed E-state index contributed by atoms with van der Waals surface area (Å²) in [6.07, 6.45) is 3.80. The number of rotatable bonds is 6. The lowest BCUT2D eigenvalue weighted by Crippen LogP contribution is -2.58. The summed E-state index contributed by atoms with van der Waals surface area (Å²) in [4.78, 5) is 31.6. The molecule has 8 heteroatoms. The molecule has 2 heterocycles. The van der Waals surface area contributed by atoms with Gasteiger partial charge in [-0.1, -0.05) is 13.8 Å². The van der Waals surface area contributed by atoms with Crippen LogP contribution in [0.4, 0.5) is 0 Å². The van der Waals surface area contributed by atoms with E-state index < -0.39 is 5.41 Å². The van der Waals surface area contributed by atoms with Crippen molar-refractivity contribution in [1.29, 1.82) is 0 Å². The molecule has 2 rings (SSSR count). The van der Waals surface area contributed by atoms with Crippen LogP contribution in [-0.2, 0) is 9.59 Å². The average molecular weight is 411 g/mol. The summed E-state index contributed by atoms with van der Waals surface area (Å²) in [5.41, 5.74) is 5.50. The van der Waals surface area contributed by atoms with Crippen LogP contribution in [0, 0.1) is 5.41 Å². The molecule has 0 spiro atoms. The van der Waals surface area contributed by atoms with Gasteiger partial charge in [0.05, 0.1) is 11.5 Å². The van der Waals surface area contributed by atoms with Gasteiger partial charge in [0.2, 0.25) is 11.8 Å². The minimum absolute atomic E-state index is 0. The number of piperazine rings is 1. The topological polar surface area (TPSA) is 69.9 Å². The van der Waals surface area contributed by atoms with Crippen molar-refractivity contribution in [2.75, 3.05) is 45.8 Å². The van der Waals surface area contributed by atoms with E-state index in [1.165, 1.54) is 0 Å². The molecule has 2 fully saturated rings. The molecule has 1 atom stereocenters. The SMILES string of the molecule is CCC(CC)(CN)C(=O)N1CCN(C(C)C(=O)N2CCCC2)CC1.Cl.Cl. The molecule has 2 aliphatic heterocycles. The van der Waals surface area contributed by atoms with Crippen molar-refractivity contribution in [2.45, 2.75) is 52.5 Å². The average Bonchev–Trinajstić information content (AvgIpc) is 3.17. The number of halogens is 2. The first-order chi connectivity index (χ1) is 11.5. The maximum Gasteiger partial charge on any atom is 0.239 e. The van der Waals surface area contributed by atoms with Crippen LogP contribution < -0.4 is 5.73 Å². The lowest BCUT2D eigenvalue weighted by Gasteiger charge is -2.42. The number of carbonyl (C=O) groups excluding carboxylic acids is 2. The molecule has 0 aromatic rings. The van der Waals surface area contributed by atoms with E-state index in [1.54, 1.807) is 0 Å². The van der Waals surface area contributed by atoms with E-state index in [-0.39, 0.29) is 42.7 Å². The molecule has 1 unspecified atom stereocenters. The van der Waals surface area contributed by atoms with Crippen molar-refractivity contribution < 1.29 is 9.59 Å². The zero-order valence-corrected chi connectivity index (χ0v) is 18.0. The summed E-state index contributed by atoms with van der Waals surface area (Å²) in [5.74, 6) is 0.430. The highest BCUT2D eigenvalue weighted by molar-refractivity contribution is 5.85. The van der Waals surface area contributed by atoms with Crippen LogP contribution >= 0.6 is 24.8 Å². The Balaban J connectivity index is 0.00000312. The van der Waals surface area contributed by atoms with Crippen LogP contribution in [0.5, 0.6) is 0 Å². The number of hydrogen-bond donors (Lipinski definition) is 1. The van der Waals surface area contributed by atoms with E-state index in [0.29, 0.717) is 19.6 Å². The second-order valence-corrected chi connectivity index (χ2v) is 7.23. The Kier molecular flexibility index (Phi) is 11.1. The van der Waals surface area contributed by atoms with Crippen molar-refractivity contribution in [2.24, 2.45) is 11.1 Å². The lowest BCUT2D eigenvalue weighted by atomic mass is 9.80. The lowest BCUT2D eigenvalue weighted by molar-refractivity contribution is -0.145. The number of likely N-dealkylation sites (tertiary alicyclic amines) is 1. The van der Waals surface area contributed by atoms with Gasteiger partial charge in [-0.25, -0.2) is 0 Å². The van der Waals surface area contributed by atoms with Crippen LogP contribution in [0.1, 0.15) is 46.5 Å². The molecule has 154 valence electrons. The molecule has 2 N–H and O–H groups in total. The van der Waals surface area contributed by atoms with Crippen LogP contribution in [-0.4, -0.2) is 78.4 Å². The zero-order valence-electron chi connectivity index (χ0n) is 16.4. The molecule has 0 aliphatic carbocycles. The molecule has 2 aliphatic rings. The third-order valence-corrected chi connectivity index (χ3v) is 6.12. The monoisotopic (exact) mass is 410 g/mol. The minimum atomic E-state index is -0.418. The Morgan fingerprint density at radius 2 is 1.42 bits per heavy atom. The van der Waals surface area contributed by atoms with Crippen LogP contribution in [0.25, 0.3) is 0 Å². The molecule has 26 heavy (non-hydrogen) atoms. The van der Waals surface area contributed by atoms with E-state index in [0.717, 1.165) is 51.9 Å². The standard InChI is InChI=1S/C18H34N4O2.2ClH/c1-4-18(5-2,14-19)17(24)22-12-10-20(11-13-22)15(3)16(23)21-8-6-7-9-21;;/h15H,4-14,19H2,1-3H3;2*1H. The Morgan fingerprint density at radius 1 is 0.923 bits per heavy atom. The van der Waals surface area contributed by atoms with Gasteiger partial charge in [-0.2, -0.15) is 0 Å². The van der Waals surface area contributed by atoms with Crippen LogP contribution in [0.3, 0.4) is 0 Å². The van der Waals surface area contributed by atoms with Crippen LogP contribution in [0.15, 0.2) is 0 Å². The summed E-state index contributed by atoms with van der Waals surface area (Å²) in [7, 11) is 0. The largest absolute Gasteiger partial charge is 0.341 e. The van der Waals surface area contributed by atoms with Gasteiger partial charge in [0.1, 0.15) is 0 Å². The third-order valence-electron chi connectivity index (χ3n) is 6.12. The van der Waals surface area contributed by atoms with E-state index >= 15 is 0 Å². The molecule has 0 bridgehead atoms. The Morgan fingerprint density at radius 3 is 1.85 bits per heavy atom. The van der Waals surface area contributed by atoms with Gasteiger partial charge in [-0.05, 0) is 32.6 Å². The minimum Gasteiger partial charge on any atom is -0.341 e. The third kappa shape index (κ3) is 5.24. The molecular formula is C18H36Cl2N4O2. The second kappa shape index (κ2) is 11.3. The molecule has 0 saturated carbocycles. The maximum absolute atomic E-state index is 12.9. The van der Waals surface area contributed by atoms with Gasteiger partial charge >= 0.3 is 0 Å². The van der Waals surface area contributed by atoms with Crippen molar-refractivity contribution in [3.63, 3.8) is 0 Å². The first-order valence-electron chi connectivity index (χ1n) is 9.51.